The number of aliphatic hydroxyl groups excluding tert-OH is 1. The van der Waals surface area contributed by atoms with E-state index in [1.165, 1.54) is 19.3 Å². The third-order valence-electron chi connectivity index (χ3n) is 6.39. The molecule has 4 N–H and O–H groups in total. The molecule has 0 amide bonds. The van der Waals surface area contributed by atoms with Gasteiger partial charge in [0, 0.05) is 34.8 Å². The average Bonchev–Trinajstić information content (AvgIpc) is 3.26. The van der Waals surface area contributed by atoms with E-state index in [4.69, 9.17) is 14.2 Å². The van der Waals surface area contributed by atoms with E-state index in [1.807, 2.05) is 6.92 Å². The average molecular weight is 483 g/mol. The predicted molar refractivity (Wildman–Crippen MR) is 133 cm³/mol. The summed E-state index contributed by atoms with van der Waals surface area (Å²) in [6, 6.07) is 8.71. The Hall–Kier alpha value is -3.43. The Morgan fingerprint density at radius 2 is 1.91 bits per heavy atom. The molecule has 9 heteroatoms. The first-order chi connectivity index (χ1) is 17.0. The smallest absolute Gasteiger partial charge is 0.175 e. The molecule has 2 aliphatic heterocycles. The van der Waals surface area contributed by atoms with Crippen molar-refractivity contribution in [2.75, 3.05) is 38.8 Å². The predicted octanol–water partition coefficient (Wildman–Crippen LogP) is 4.16. The number of fused-ring (bicyclic) bond motifs is 2. The molecule has 8 nitrogen and oxygen atoms in total. The number of H-pyrrole nitrogens is 1. The van der Waals surface area contributed by atoms with Gasteiger partial charge in [-0.3, -0.25) is 0 Å². The molecule has 1 unspecified atom stereocenters. The summed E-state index contributed by atoms with van der Waals surface area (Å²) in [4.78, 5) is 5.40. The molecule has 1 aromatic heterocycles. The summed E-state index contributed by atoms with van der Waals surface area (Å²) in [5.74, 6) is 1.11. The van der Waals surface area contributed by atoms with Gasteiger partial charge in [-0.15, -0.1) is 0 Å². The molecule has 2 aromatic carbocycles. The Bertz CT molecular complexity index is 1240. The van der Waals surface area contributed by atoms with Crippen molar-refractivity contribution >= 4 is 22.3 Å². The first kappa shape index (κ1) is 23.3. The number of hydrogen-bond acceptors (Lipinski definition) is 7. The van der Waals surface area contributed by atoms with Crippen LogP contribution in [0, 0.1) is 12.7 Å². The van der Waals surface area contributed by atoms with Crippen LogP contribution >= 0.6 is 0 Å². The molecule has 5 rings (SSSR count). The zero-order valence-electron chi connectivity index (χ0n) is 20.0. The normalized spacial score (nSPS) is 16.6. The van der Waals surface area contributed by atoms with Gasteiger partial charge in [0.05, 0.1) is 19.0 Å². The van der Waals surface area contributed by atoms with Gasteiger partial charge in [-0.1, -0.05) is 6.42 Å². The molecule has 1 atom stereocenters. The van der Waals surface area contributed by atoms with E-state index in [0.717, 1.165) is 24.3 Å². The van der Waals surface area contributed by atoms with Crippen molar-refractivity contribution in [3.8, 4) is 17.2 Å². The number of halogens is 1. The summed E-state index contributed by atoms with van der Waals surface area (Å²) in [5, 5.41) is 11.0. The van der Waals surface area contributed by atoms with E-state index in [9.17, 15) is 5.11 Å². The number of likely N-dealkylation sites (tertiary alicyclic amines) is 1. The Morgan fingerprint density at radius 1 is 1.09 bits per heavy atom. The number of benzene rings is 2. The summed E-state index contributed by atoms with van der Waals surface area (Å²) in [6.07, 6.45) is 4.62. The van der Waals surface area contributed by atoms with Gasteiger partial charge in [0.15, 0.2) is 28.8 Å². The lowest BCUT2D eigenvalue weighted by Gasteiger charge is -2.28. The number of anilines is 1. The number of aromatic nitrogens is 1. The number of piperidine rings is 1. The minimum atomic E-state index is -0.603. The standard InChI is InChI=1S/C26H31FN4O4/c1-16-10-19-20(29-16)6-7-22(26(19)27)35-25-13-28-30-21-12-24(23(33-2)11-18(21)25)34-15-17(32)14-31-8-4-3-5-9-31/h6-7,10-13,17,28-30,32H,3-5,8-9,14-15H2,1-2H3. The van der Waals surface area contributed by atoms with Crippen molar-refractivity contribution in [3.63, 3.8) is 0 Å². The van der Waals surface area contributed by atoms with E-state index in [1.54, 1.807) is 43.6 Å². The van der Waals surface area contributed by atoms with Gasteiger partial charge in [-0.05, 0) is 57.1 Å². The molecule has 0 bridgehead atoms. The lowest BCUT2D eigenvalue weighted by Crippen LogP contribution is -2.38. The zero-order chi connectivity index (χ0) is 24.4. The minimum Gasteiger partial charge on any atom is -0.493 e. The van der Waals surface area contributed by atoms with Gasteiger partial charge in [0.1, 0.15) is 12.7 Å². The van der Waals surface area contributed by atoms with E-state index >= 15 is 4.39 Å². The van der Waals surface area contributed by atoms with Crippen molar-refractivity contribution in [1.82, 2.24) is 15.3 Å². The molecule has 1 fully saturated rings. The Kier molecular flexibility index (Phi) is 6.70. The van der Waals surface area contributed by atoms with E-state index in [-0.39, 0.29) is 12.4 Å². The number of aromatic amines is 1. The Balaban J connectivity index is 1.32. The van der Waals surface area contributed by atoms with Gasteiger partial charge in [-0.25, -0.2) is 4.39 Å². The number of hydrazine groups is 1. The molecular weight excluding hydrogens is 451 g/mol. The van der Waals surface area contributed by atoms with Gasteiger partial charge in [0.2, 0.25) is 0 Å². The molecule has 2 aliphatic rings. The van der Waals surface area contributed by atoms with Crippen LogP contribution in [0.5, 0.6) is 17.2 Å². The fraction of sp³-hybridized carbons (Fsp3) is 0.385. The van der Waals surface area contributed by atoms with Gasteiger partial charge < -0.3 is 40.1 Å². The van der Waals surface area contributed by atoms with Crippen LogP contribution < -0.4 is 25.1 Å². The zero-order valence-corrected chi connectivity index (χ0v) is 20.0. The topological polar surface area (TPSA) is 91.0 Å². The molecule has 186 valence electrons. The molecule has 0 spiro atoms. The Morgan fingerprint density at radius 3 is 2.71 bits per heavy atom. The van der Waals surface area contributed by atoms with Crippen LogP contribution in [0.25, 0.3) is 16.7 Å². The number of nitrogens with one attached hydrogen (secondary N) is 3. The van der Waals surface area contributed by atoms with E-state index < -0.39 is 11.9 Å². The van der Waals surface area contributed by atoms with Crippen molar-refractivity contribution in [2.45, 2.75) is 32.3 Å². The maximum atomic E-state index is 15.1. The van der Waals surface area contributed by atoms with Crippen molar-refractivity contribution in [1.29, 1.82) is 0 Å². The second-order valence-electron chi connectivity index (χ2n) is 9.05. The molecular formula is C26H31FN4O4. The highest BCUT2D eigenvalue weighted by molar-refractivity contribution is 5.84. The number of methoxy groups -OCH3 is 1. The molecule has 0 saturated carbocycles. The lowest BCUT2D eigenvalue weighted by molar-refractivity contribution is 0.0608. The third-order valence-corrected chi connectivity index (χ3v) is 6.39. The summed E-state index contributed by atoms with van der Waals surface area (Å²) in [5.41, 5.74) is 8.96. The number of ether oxygens (including phenoxy) is 3. The highest BCUT2D eigenvalue weighted by atomic mass is 19.1. The largest absolute Gasteiger partial charge is 0.493 e. The summed E-state index contributed by atoms with van der Waals surface area (Å²) >= 11 is 0. The van der Waals surface area contributed by atoms with Crippen LogP contribution in [-0.2, 0) is 0 Å². The van der Waals surface area contributed by atoms with Gasteiger partial charge in [-0.2, -0.15) is 0 Å². The van der Waals surface area contributed by atoms with E-state index in [2.05, 4.69) is 20.7 Å². The van der Waals surface area contributed by atoms with Crippen LogP contribution in [0.4, 0.5) is 10.1 Å². The molecule has 0 aliphatic carbocycles. The van der Waals surface area contributed by atoms with Crippen LogP contribution in [0.15, 0.2) is 36.5 Å². The highest BCUT2D eigenvalue weighted by Gasteiger charge is 2.22. The lowest BCUT2D eigenvalue weighted by atomic mass is 10.1. The van der Waals surface area contributed by atoms with Gasteiger partial charge in [0.25, 0.3) is 0 Å². The van der Waals surface area contributed by atoms with E-state index in [0.29, 0.717) is 40.4 Å². The van der Waals surface area contributed by atoms with Crippen molar-refractivity contribution in [2.24, 2.45) is 0 Å². The minimum absolute atomic E-state index is 0.123. The summed E-state index contributed by atoms with van der Waals surface area (Å²) in [6.45, 7) is 4.65. The molecule has 3 heterocycles. The maximum absolute atomic E-state index is 15.1. The quantitative estimate of drug-likeness (QED) is 0.383. The summed E-state index contributed by atoms with van der Waals surface area (Å²) < 4.78 is 32.5. The number of aliphatic hydroxyl groups is 1. The van der Waals surface area contributed by atoms with Gasteiger partial charge >= 0.3 is 0 Å². The fourth-order valence-corrected chi connectivity index (χ4v) is 4.65. The van der Waals surface area contributed by atoms with Crippen LogP contribution in [0.3, 0.4) is 0 Å². The second kappa shape index (κ2) is 10.1. The first-order valence-corrected chi connectivity index (χ1v) is 11.9. The molecule has 0 radical (unpaired) electrons. The van der Waals surface area contributed by atoms with Crippen LogP contribution in [0.1, 0.15) is 30.5 Å². The monoisotopic (exact) mass is 482 g/mol. The highest BCUT2D eigenvalue weighted by Crippen LogP contribution is 2.39. The number of nitrogens with zero attached hydrogens (tertiary/aromatic N) is 1. The SMILES string of the molecule is COc1cc2c(cc1OCC(O)CN1CCCCC1)NNC=C2Oc1ccc2[nH]c(C)cc2c1F. The molecule has 3 aromatic rings. The van der Waals surface area contributed by atoms with Crippen molar-refractivity contribution in [3.05, 3.63) is 53.6 Å². The van der Waals surface area contributed by atoms with Crippen LogP contribution in [0.2, 0.25) is 0 Å². The number of hydrogen-bond donors (Lipinski definition) is 4. The fourth-order valence-electron chi connectivity index (χ4n) is 4.65. The number of aryl methyl sites for hydroxylation is 1. The maximum Gasteiger partial charge on any atom is 0.175 e. The Labute approximate surface area is 203 Å². The van der Waals surface area contributed by atoms with Crippen LogP contribution in [-0.4, -0.2) is 54.4 Å². The first-order valence-electron chi connectivity index (χ1n) is 11.9. The molecule has 1 saturated heterocycles. The third kappa shape index (κ3) is 5.01. The summed E-state index contributed by atoms with van der Waals surface area (Å²) in [7, 11) is 1.55. The number of rotatable bonds is 8. The number of β-amino-alcohol motifs (C(OH)–C–C–N with tert-alkyl or cyclic N) is 1. The van der Waals surface area contributed by atoms with Crippen molar-refractivity contribution < 1.29 is 23.7 Å². The molecule has 35 heavy (non-hydrogen) atoms. The second-order valence-corrected chi connectivity index (χ2v) is 9.05.